The highest BCUT2D eigenvalue weighted by Gasteiger charge is 2.29. The molecule has 0 unspecified atom stereocenters. The lowest BCUT2D eigenvalue weighted by atomic mass is 9.86. The van der Waals surface area contributed by atoms with Gasteiger partial charge in [0, 0.05) is 45.2 Å². The van der Waals surface area contributed by atoms with Gasteiger partial charge in [-0.2, -0.15) is 0 Å². The first kappa shape index (κ1) is 17.2. The van der Waals surface area contributed by atoms with E-state index in [4.69, 9.17) is 9.47 Å². The van der Waals surface area contributed by atoms with Crippen molar-refractivity contribution in [2.24, 2.45) is 5.41 Å². The Morgan fingerprint density at radius 1 is 1.36 bits per heavy atom. The van der Waals surface area contributed by atoms with Crippen LogP contribution in [0.15, 0.2) is 6.20 Å². The molecule has 0 N–H and O–H groups in total. The van der Waals surface area contributed by atoms with Crippen LogP contribution in [-0.4, -0.2) is 35.8 Å². The molecule has 0 radical (unpaired) electrons. The summed E-state index contributed by atoms with van der Waals surface area (Å²) in [7, 11) is 3.30. The van der Waals surface area contributed by atoms with Crippen LogP contribution in [0.3, 0.4) is 0 Å². The number of carbonyl (C=O) groups is 1. The lowest BCUT2D eigenvalue weighted by molar-refractivity contribution is -0.169. The maximum absolute atomic E-state index is 12.3. The van der Waals surface area contributed by atoms with E-state index < -0.39 is 0 Å². The van der Waals surface area contributed by atoms with Crippen LogP contribution < -0.4 is 0 Å². The van der Waals surface area contributed by atoms with E-state index >= 15 is 0 Å². The van der Waals surface area contributed by atoms with Gasteiger partial charge in [0.1, 0.15) is 11.5 Å². The second kappa shape index (κ2) is 7.38. The first-order valence-electron chi connectivity index (χ1n) is 8.13. The van der Waals surface area contributed by atoms with Crippen LogP contribution in [0.5, 0.6) is 0 Å². The topological polar surface area (TPSA) is 53.4 Å². The van der Waals surface area contributed by atoms with Crippen molar-refractivity contribution in [2.75, 3.05) is 14.2 Å². The lowest BCUT2D eigenvalue weighted by Crippen LogP contribution is -2.32. The number of hydrogen-bond donors (Lipinski definition) is 0. The Labute approximate surface area is 133 Å². The third kappa shape index (κ3) is 3.96. The highest BCUT2D eigenvalue weighted by molar-refractivity contribution is 5.94. The van der Waals surface area contributed by atoms with Crippen molar-refractivity contribution in [3.05, 3.63) is 17.7 Å². The molecule has 1 aromatic heterocycles. The predicted molar refractivity (Wildman–Crippen MR) is 84.9 cm³/mol. The molecule has 0 spiro atoms. The maximum atomic E-state index is 12.3. The highest BCUT2D eigenvalue weighted by Crippen LogP contribution is 2.30. The summed E-state index contributed by atoms with van der Waals surface area (Å²) < 4.78 is 12.8. The zero-order chi connectivity index (χ0) is 16.2. The van der Waals surface area contributed by atoms with Gasteiger partial charge in [-0.15, -0.1) is 0 Å². The van der Waals surface area contributed by atoms with Crippen LogP contribution >= 0.6 is 0 Å². The van der Waals surface area contributed by atoms with Gasteiger partial charge in [-0.05, 0) is 25.7 Å². The number of aromatic nitrogens is 2. The summed E-state index contributed by atoms with van der Waals surface area (Å²) >= 11 is 0. The molecular formula is C17H28N2O3. The average molecular weight is 308 g/mol. The molecule has 5 heteroatoms. The van der Waals surface area contributed by atoms with Crippen molar-refractivity contribution < 1.29 is 14.3 Å². The molecule has 1 aromatic rings. The third-order valence-electron chi connectivity index (χ3n) is 4.49. The van der Waals surface area contributed by atoms with E-state index in [9.17, 15) is 4.79 Å². The first-order valence-corrected chi connectivity index (χ1v) is 8.13. The smallest absolute Gasteiger partial charge is 0.182 e. The van der Waals surface area contributed by atoms with Gasteiger partial charge in [0.15, 0.2) is 12.1 Å². The Bertz CT molecular complexity index is 481. The molecule has 1 aliphatic rings. The average Bonchev–Trinajstić information content (AvgIpc) is 2.92. The second-order valence-corrected chi connectivity index (χ2v) is 6.76. The molecule has 1 aliphatic heterocycles. The summed E-state index contributed by atoms with van der Waals surface area (Å²) in [5.41, 5.74) is 0.516. The molecule has 0 saturated heterocycles. The fraction of sp³-hybridized carbons (Fsp3) is 0.765. The normalized spacial score (nSPS) is 15.1. The van der Waals surface area contributed by atoms with Crippen LogP contribution in [-0.2, 0) is 22.4 Å². The molecule has 0 aliphatic carbocycles. The lowest BCUT2D eigenvalue weighted by Gasteiger charge is -2.31. The number of ketones is 1. The van der Waals surface area contributed by atoms with Gasteiger partial charge in [-0.3, -0.25) is 4.79 Å². The van der Waals surface area contributed by atoms with E-state index in [2.05, 4.69) is 23.4 Å². The van der Waals surface area contributed by atoms with E-state index in [-0.39, 0.29) is 17.5 Å². The number of aryl methyl sites for hydroxylation is 2. The van der Waals surface area contributed by atoms with Crippen molar-refractivity contribution in [3.8, 4) is 0 Å². The minimum atomic E-state index is -0.248. The van der Waals surface area contributed by atoms with Crippen molar-refractivity contribution in [1.29, 1.82) is 0 Å². The fourth-order valence-electron chi connectivity index (χ4n) is 3.23. The van der Waals surface area contributed by atoms with Gasteiger partial charge in [0.25, 0.3) is 0 Å². The number of hydrogen-bond acceptors (Lipinski definition) is 4. The monoisotopic (exact) mass is 308 g/mol. The quantitative estimate of drug-likeness (QED) is 0.546. The molecule has 2 rings (SSSR count). The molecule has 124 valence electrons. The molecule has 0 aromatic carbocycles. The predicted octanol–water partition coefficient (Wildman–Crippen LogP) is 3.22. The van der Waals surface area contributed by atoms with Crippen LogP contribution in [0.25, 0.3) is 0 Å². The zero-order valence-corrected chi connectivity index (χ0v) is 14.2. The molecule has 2 heterocycles. The van der Waals surface area contributed by atoms with Crippen molar-refractivity contribution in [3.63, 3.8) is 0 Å². The summed E-state index contributed by atoms with van der Waals surface area (Å²) in [6, 6.07) is 0. The molecule has 0 bridgehead atoms. The third-order valence-corrected chi connectivity index (χ3v) is 4.49. The number of carbonyl (C=O) groups excluding carboxylic acids is 1. The van der Waals surface area contributed by atoms with E-state index in [0.717, 1.165) is 31.6 Å². The van der Waals surface area contributed by atoms with Crippen molar-refractivity contribution in [1.82, 2.24) is 9.55 Å². The summed E-state index contributed by atoms with van der Waals surface area (Å²) in [5.74, 6) is 1.21. The van der Waals surface area contributed by atoms with E-state index in [1.807, 2.05) is 6.20 Å². The Kier molecular flexibility index (Phi) is 5.75. The van der Waals surface area contributed by atoms with Crippen LogP contribution in [0.2, 0.25) is 0 Å². The van der Waals surface area contributed by atoms with Gasteiger partial charge in [0.05, 0.1) is 0 Å². The summed E-state index contributed by atoms with van der Waals surface area (Å²) in [6.07, 6.45) is 7.24. The second-order valence-electron chi connectivity index (χ2n) is 6.76. The number of nitrogens with zero attached hydrogens (tertiary/aromatic N) is 2. The molecule has 5 nitrogen and oxygen atoms in total. The van der Waals surface area contributed by atoms with Gasteiger partial charge < -0.3 is 14.0 Å². The number of rotatable bonds is 8. The molecule has 0 saturated carbocycles. The Hall–Kier alpha value is -1.20. The number of imidazole rings is 1. The molecule has 0 amide bonds. The van der Waals surface area contributed by atoms with E-state index in [1.54, 1.807) is 14.2 Å². The van der Waals surface area contributed by atoms with E-state index in [0.29, 0.717) is 12.1 Å². The Morgan fingerprint density at radius 2 is 2.09 bits per heavy atom. The van der Waals surface area contributed by atoms with Gasteiger partial charge in [-0.25, -0.2) is 4.98 Å². The van der Waals surface area contributed by atoms with Gasteiger partial charge in [0.2, 0.25) is 0 Å². The largest absolute Gasteiger partial charge is 0.355 e. The number of methoxy groups -OCH3 is 2. The molecule has 0 atom stereocenters. The Balaban J connectivity index is 1.86. The minimum absolute atomic E-state index is 0.114. The minimum Gasteiger partial charge on any atom is -0.355 e. The van der Waals surface area contributed by atoms with Gasteiger partial charge >= 0.3 is 0 Å². The zero-order valence-electron chi connectivity index (χ0n) is 14.2. The SMILES string of the molecule is COC(OC)C(C)(C)CCCC(=O)c1cn2c(n1)CCCC2. The van der Waals surface area contributed by atoms with Crippen molar-refractivity contribution >= 4 is 5.78 Å². The fourth-order valence-corrected chi connectivity index (χ4v) is 3.23. The number of fused-ring (bicyclic) bond motifs is 1. The van der Waals surface area contributed by atoms with Gasteiger partial charge in [-0.1, -0.05) is 13.8 Å². The highest BCUT2D eigenvalue weighted by atomic mass is 16.7. The Morgan fingerprint density at radius 3 is 2.73 bits per heavy atom. The van der Waals surface area contributed by atoms with E-state index in [1.165, 1.54) is 12.8 Å². The standard InChI is InChI=1S/C17H28N2O3/c1-17(2,16(21-3)22-4)10-7-8-14(20)13-12-19-11-6-5-9-15(19)18-13/h12,16H,5-11H2,1-4H3. The maximum Gasteiger partial charge on any atom is 0.182 e. The van der Waals surface area contributed by atoms with Crippen LogP contribution in [0.4, 0.5) is 0 Å². The molecule has 0 fully saturated rings. The number of Topliss-reactive ketones (excluding diaryl/α,β-unsaturated/α-hetero) is 1. The summed E-state index contributed by atoms with van der Waals surface area (Å²) in [4.78, 5) is 16.8. The molecular weight excluding hydrogens is 280 g/mol. The first-order chi connectivity index (χ1) is 10.5. The molecule has 22 heavy (non-hydrogen) atoms. The summed E-state index contributed by atoms with van der Waals surface area (Å²) in [5, 5.41) is 0. The van der Waals surface area contributed by atoms with Crippen LogP contribution in [0.1, 0.15) is 62.3 Å². The van der Waals surface area contributed by atoms with Crippen LogP contribution in [0, 0.1) is 5.41 Å². The van der Waals surface area contributed by atoms with Crippen molar-refractivity contribution in [2.45, 2.75) is 65.2 Å². The number of ether oxygens (including phenoxy) is 2. The summed E-state index contributed by atoms with van der Waals surface area (Å²) in [6.45, 7) is 5.20.